The van der Waals surface area contributed by atoms with Crippen molar-refractivity contribution in [1.82, 2.24) is 15.0 Å². The van der Waals surface area contributed by atoms with Gasteiger partial charge in [-0.3, -0.25) is 4.68 Å². The molecule has 0 radical (unpaired) electrons. The molecule has 1 aliphatic carbocycles. The van der Waals surface area contributed by atoms with Gasteiger partial charge in [-0.1, -0.05) is 30.2 Å². The number of nitrogens with zero attached hydrogens (tertiary/aromatic N) is 3. The van der Waals surface area contributed by atoms with Gasteiger partial charge in [-0.15, -0.1) is 5.10 Å². The molecule has 23 heavy (non-hydrogen) atoms. The van der Waals surface area contributed by atoms with E-state index in [-0.39, 0.29) is 5.97 Å². The van der Waals surface area contributed by atoms with Crippen LogP contribution in [0.15, 0.2) is 24.3 Å². The van der Waals surface area contributed by atoms with E-state index in [0.717, 1.165) is 25.0 Å². The molecule has 122 valence electrons. The third-order valence-corrected chi connectivity index (χ3v) is 4.68. The van der Waals surface area contributed by atoms with Crippen LogP contribution in [0.1, 0.15) is 58.9 Å². The van der Waals surface area contributed by atoms with E-state index in [2.05, 4.69) is 10.3 Å². The zero-order chi connectivity index (χ0) is 16.2. The van der Waals surface area contributed by atoms with Gasteiger partial charge in [-0.2, -0.15) is 0 Å². The molecule has 5 nitrogen and oxygen atoms in total. The molecule has 2 aromatic rings. The molecule has 1 aromatic carbocycles. The van der Waals surface area contributed by atoms with Crippen molar-refractivity contribution in [3.05, 3.63) is 46.8 Å². The Balaban J connectivity index is 1.80. The maximum absolute atomic E-state index is 11.5. The fraction of sp³-hybridized carbons (Fsp3) is 0.500. The molecule has 1 aromatic heterocycles. The molecule has 5 heteroatoms. The molecule has 0 bridgehead atoms. The minimum absolute atomic E-state index is 0.293. The third kappa shape index (κ3) is 3.44. The Labute approximate surface area is 136 Å². The second-order valence-electron chi connectivity index (χ2n) is 6.23. The number of rotatable bonds is 3. The highest BCUT2D eigenvalue weighted by atomic mass is 16.5. The average Bonchev–Trinajstić information content (AvgIpc) is 2.91. The number of aryl methyl sites for hydroxylation is 1. The summed E-state index contributed by atoms with van der Waals surface area (Å²) in [5, 5.41) is 8.66. The predicted molar refractivity (Wildman–Crippen MR) is 87.4 cm³/mol. The fourth-order valence-corrected chi connectivity index (χ4v) is 3.37. The lowest BCUT2D eigenvalue weighted by atomic mass is 9.87. The lowest BCUT2D eigenvalue weighted by Crippen LogP contribution is -2.11. The lowest BCUT2D eigenvalue weighted by Gasteiger charge is -2.19. The van der Waals surface area contributed by atoms with Crippen LogP contribution in [-0.2, 0) is 24.6 Å². The van der Waals surface area contributed by atoms with Crippen LogP contribution in [0.2, 0.25) is 0 Å². The van der Waals surface area contributed by atoms with Crippen molar-refractivity contribution < 1.29 is 9.53 Å². The first kappa shape index (κ1) is 15.7. The Kier molecular flexibility index (Phi) is 4.74. The minimum Gasteiger partial charge on any atom is -0.465 e. The molecule has 1 unspecified atom stereocenters. The molecule has 0 saturated carbocycles. The van der Waals surface area contributed by atoms with Gasteiger partial charge in [0.05, 0.1) is 24.1 Å². The van der Waals surface area contributed by atoms with Gasteiger partial charge in [0.2, 0.25) is 0 Å². The van der Waals surface area contributed by atoms with E-state index in [4.69, 9.17) is 4.74 Å². The van der Waals surface area contributed by atoms with Gasteiger partial charge in [0.25, 0.3) is 0 Å². The van der Waals surface area contributed by atoms with E-state index in [1.807, 2.05) is 36.0 Å². The first-order valence-corrected chi connectivity index (χ1v) is 8.24. The molecule has 1 aliphatic rings. The molecule has 0 amide bonds. The Bertz CT molecular complexity index is 676. The lowest BCUT2D eigenvalue weighted by molar-refractivity contribution is 0.0600. The van der Waals surface area contributed by atoms with Crippen molar-refractivity contribution in [2.24, 2.45) is 7.05 Å². The smallest absolute Gasteiger partial charge is 0.337 e. The second kappa shape index (κ2) is 6.94. The topological polar surface area (TPSA) is 57.0 Å². The molecule has 1 heterocycles. The van der Waals surface area contributed by atoms with Crippen LogP contribution in [0.5, 0.6) is 0 Å². The highest BCUT2D eigenvalue weighted by Crippen LogP contribution is 2.30. The second-order valence-corrected chi connectivity index (χ2v) is 6.23. The number of hydrogen-bond donors (Lipinski definition) is 0. The number of benzene rings is 1. The summed E-state index contributed by atoms with van der Waals surface area (Å²) in [4.78, 5) is 11.5. The molecular weight excluding hydrogens is 290 g/mol. The Morgan fingerprint density at radius 3 is 2.78 bits per heavy atom. The van der Waals surface area contributed by atoms with Crippen molar-refractivity contribution in [2.45, 2.75) is 44.4 Å². The van der Waals surface area contributed by atoms with Gasteiger partial charge < -0.3 is 4.74 Å². The molecular formula is C18H23N3O2. The quantitative estimate of drug-likeness (QED) is 0.817. The summed E-state index contributed by atoms with van der Waals surface area (Å²) in [6, 6.07) is 7.70. The third-order valence-electron chi connectivity index (χ3n) is 4.68. The van der Waals surface area contributed by atoms with E-state index in [1.54, 1.807) is 0 Å². The molecule has 0 saturated heterocycles. The van der Waals surface area contributed by atoms with Crippen molar-refractivity contribution in [3.63, 3.8) is 0 Å². The van der Waals surface area contributed by atoms with E-state index >= 15 is 0 Å². The summed E-state index contributed by atoms with van der Waals surface area (Å²) in [6.45, 7) is 0. The molecule has 0 aliphatic heterocycles. The summed E-state index contributed by atoms with van der Waals surface area (Å²) in [6.07, 6.45) is 6.87. The standard InChI is InChI=1S/C18H23N3O2/c1-21-16-7-5-3-4-6-15(17(16)19-20-21)12-13-8-10-14(11-9-13)18(22)23-2/h8-11,15H,3-7,12H2,1-2H3. The van der Waals surface area contributed by atoms with Gasteiger partial charge in [0.1, 0.15) is 0 Å². The summed E-state index contributed by atoms with van der Waals surface area (Å²) in [7, 11) is 3.38. The van der Waals surface area contributed by atoms with Crippen LogP contribution in [0.4, 0.5) is 0 Å². The van der Waals surface area contributed by atoms with Gasteiger partial charge in [-0.05, 0) is 43.4 Å². The zero-order valence-corrected chi connectivity index (χ0v) is 13.8. The predicted octanol–water partition coefficient (Wildman–Crippen LogP) is 3.04. The van der Waals surface area contributed by atoms with E-state index in [1.165, 1.54) is 37.6 Å². The normalized spacial score (nSPS) is 17.9. The largest absolute Gasteiger partial charge is 0.465 e. The fourth-order valence-electron chi connectivity index (χ4n) is 3.37. The molecule has 1 atom stereocenters. The number of ether oxygens (including phenoxy) is 1. The number of carbonyl (C=O) groups excluding carboxylic acids is 1. The Hall–Kier alpha value is -2.17. The van der Waals surface area contributed by atoms with Crippen LogP contribution < -0.4 is 0 Å². The SMILES string of the molecule is COC(=O)c1ccc(CC2CCCCCc3c2nnn3C)cc1. The highest BCUT2D eigenvalue weighted by molar-refractivity contribution is 5.89. The first-order chi connectivity index (χ1) is 11.2. The summed E-state index contributed by atoms with van der Waals surface area (Å²) >= 11 is 0. The van der Waals surface area contributed by atoms with Crippen molar-refractivity contribution >= 4 is 5.97 Å². The van der Waals surface area contributed by atoms with Crippen LogP contribution in [-0.4, -0.2) is 28.1 Å². The van der Waals surface area contributed by atoms with Gasteiger partial charge in [0, 0.05) is 13.0 Å². The summed E-state index contributed by atoms with van der Waals surface area (Å²) in [5.74, 6) is 0.113. The number of esters is 1. The summed E-state index contributed by atoms with van der Waals surface area (Å²) < 4.78 is 6.67. The highest BCUT2D eigenvalue weighted by Gasteiger charge is 2.23. The van der Waals surface area contributed by atoms with Crippen LogP contribution in [0.25, 0.3) is 0 Å². The number of carbonyl (C=O) groups is 1. The molecule has 3 rings (SSSR count). The zero-order valence-electron chi connectivity index (χ0n) is 13.8. The first-order valence-electron chi connectivity index (χ1n) is 8.24. The Morgan fingerprint density at radius 2 is 2.04 bits per heavy atom. The van der Waals surface area contributed by atoms with Crippen LogP contribution >= 0.6 is 0 Å². The van der Waals surface area contributed by atoms with Gasteiger partial charge >= 0.3 is 5.97 Å². The van der Waals surface area contributed by atoms with Crippen LogP contribution in [0.3, 0.4) is 0 Å². The van der Waals surface area contributed by atoms with Crippen molar-refractivity contribution in [3.8, 4) is 0 Å². The molecule has 0 spiro atoms. The minimum atomic E-state index is -0.293. The van der Waals surface area contributed by atoms with Gasteiger partial charge in [0.15, 0.2) is 0 Å². The van der Waals surface area contributed by atoms with Crippen molar-refractivity contribution in [1.29, 1.82) is 0 Å². The van der Waals surface area contributed by atoms with E-state index < -0.39 is 0 Å². The summed E-state index contributed by atoms with van der Waals surface area (Å²) in [5.41, 5.74) is 4.25. The van der Waals surface area contributed by atoms with Crippen LogP contribution in [0, 0.1) is 0 Å². The number of methoxy groups -OCH3 is 1. The maximum atomic E-state index is 11.5. The van der Waals surface area contributed by atoms with Crippen molar-refractivity contribution in [2.75, 3.05) is 7.11 Å². The number of fused-ring (bicyclic) bond motifs is 1. The maximum Gasteiger partial charge on any atom is 0.337 e. The molecule has 0 fully saturated rings. The molecule has 0 N–H and O–H groups in total. The number of hydrogen-bond acceptors (Lipinski definition) is 4. The number of aromatic nitrogens is 3. The van der Waals surface area contributed by atoms with E-state index in [0.29, 0.717) is 11.5 Å². The Morgan fingerprint density at radius 1 is 1.26 bits per heavy atom. The van der Waals surface area contributed by atoms with Gasteiger partial charge in [-0.25, -0.2) is 4.79 Å². The monoisotopic (exact) mass is 313 g/mol. The average molecular weight is 313 g/mol. The van der Waals surface area contributed by atoms with E-state index in [9.17, 15) is 4.79 Å².